The van der Waals surface area contributed by atoms with Crippen LogP contribution >= 0.6 is 0 Å². The zero-order valence-electron chi connectivity index (χ0n) is 15.1. The molecule has 140 valence electrons. The molecule has 2 atom stereocenters. The normalized spacial score (nSPS) is 18.1. The molecule has 3 aromatic rings. The molecule has 1 fully saturated rings. The van der Waals surface area contributed by atoms with Crippen LogP contribution in [0.15, 0.2) is 55.0 Å². The summed E-state index contributed by atoms with van der Waals surface area (Å²) in [6, 6.07) is 9.31. The number of aryl methyl sites for hydroxylation is 1. The smallest absolute Gasteiger partial charge is 0.408 e. The lowest BCUT2D eigenvalue weighted by Gasteiger charge is -2.17. The van der Waals surface area contributed by atoms with Gasteiger partial charge in [0.25, 0.3) is 0 Å². The van der Waals surface area contributed by atoms with E-state index in [1.807, 2.05) is 25.3 Å². The third-order valence-electron chi connectivity index (χ3n) is 4.35. The minimum absolute atomic E-state index is 0.384. The van der Waals surface area contributed by atoms with Crippen LogP contribution in [0.4, 0.5) is 9.18 Å². The van der Waals surface area contributed by atoms with Gasteiger partial charge in [0.1, 0.15) is 18.4 Å². The van der Waals surface area contributed by atoms with Crippen LogP contribution in [-0.4, -0.2) is 20.9 Å². The van der Waals surface area contributed by atoms with E-state index in [0.717, 1.165) is 11.3 Å². The highest BCUT2D eigenvalue weighted by molar-refractivity contribution is 5.71. The summed E-state index contributed by atoms with van der Waals surface area (Å²) in [4.78, 5) is 16.0. The number of benzene rings is 1. The highest BCUT2D eigenvalue weighted by Crippen LogP contribution is 2.36. The predicted molar refractivity (Wildman–Crippen MR) is 99.6 cm³/mol. The van der Waals surface area contributed by atoms with Crippen LogP contribution < -0.4 is 5.32 Å². The van der Waals surface area contributed by atoms with Crippen LogP contribution in [0.1, 0.15) is 34.5 Å². The lowest BCUT2D eigenvalue weighted by molar-refractivity contribution is 0.132. The monoisotopic (exact) mass is 376 g/mol. The third-order valence-corrected chi connectivity index (χ3v) is 4.35. The highest BCUT2D eigenvalue weighted by Gasteiger charge is 2.36. The van der Waals surface area contributed by atoms with Gasteiger partial charge in [-0.15, -0.1) is 0 Å². The van der Waals surface area contributed by atoms with Crippen LogP contribution in [0.5, 0.6) is 0 Å². The molecule has 0 radical (unpaired) electrons. The number of pyridine rings is 1. The molecule has 1 aliphatic heterocycles. The van der Waals surface area contributed by atoms with Crippen molar-refractivity contribution in [3.8, 4) is 11.8 Å². The van der Waals surface area contributed by atoms with Crippen LogP contribution in [0.2, 0.25) is 0 Å². The number of aromatic nitrogens is 3. The van der Waals surface area contributed by atoms with Crippen molar-refractivity contribution in [3.05, 3.63) is 83.2 Å². The number of ether oxygens (including phenoxy) is 1. The van der Waals surface area contributed by atoms with Crippen molar-refractivity contribution in [2.24, 2.45) is 0 Å². The van der Waals surface area contributed by atoms with Gasteiger partial charge >= 0.3 is 6.09 Å². The second-order valence-corrected chi connectivity index (χ2v) is 6.47. The van der Waals surface area contributed by atoms with Gasteiger partial charge < -0.3 is 10.1 Å². The molecule has 28 heavy (non-hydrogen) atoms. The van der Waals surface area contributed by atoms with E-state index in [-0.39, 0.29) is 5.82 Å². The van der Waals surface area contributed by atoms with Gasteiger partial charge in [-0.3, -0.25) is 9.67 Å². The molecule has 0 aliphatic carbocycles. The predicted octanol–water partition coefficient (Wildman–Crippen LogP) is 3.30. The number of hydrogen-bond acceptors (Lipinski definition) is 4. The summed E-state index contributed by atoms with van der Waals surface area (Å²) in [7, 11) is 0. The summed E-state index contributed by atoms with van der Waals surface area (Å²) in [6.45, 7) is 2.39. The van der Waals surface area contributed by atoms with Crippen LogP contribution in [0.25, 0.3) is 0 Å². The zero-order valence-corrected chi connectivity index (χ0v) is 15.1. The average molecular weight is 376 g/mol. The number of cyclic esters (lactones) is 1. The Morgan fingerprint density at radius 3 is 2.93 bits per heavy atom. The maximum atomic E-state index is 13.6. The van der Waals surface area contributed by atoms with Crippen molar-refractivity contribution in [2.45, 2.75) is 25.6 Å². The van der Waals surface area contributed by atoms with Crippen molar-refractivity contribution < 1.29 is 13.9 Å². The fraction of sp³-hybridized carbons (Fsp3) is 0.190. The first-order valence-corrected chi connectivity index (χ1v) is 8.75. The minimum atomic E-state index is -0.639. The lowest BCUT2D eigenvalue weighted by Crippen LogP contribution is -2.19. The summed E-state index contributed by atoms with van der Waals surface area (Å²) in [6.07, 6.45) is 3.98. The Bertz CT molecular complexity index is 1080. The molecule has 1 aromatic carbocycles. The third kappa shape index (κ3) is 3.86. The van der Waals surface area contributed by atoms with E-state index in [1.54, 1.807) is 29.2 Å². The largest absolute Gasteiger partial charge is 0.439 e. The van der Waals surface area contributed by atoms with E-state index in [0.29, 0.717) is 17.7 Å². The lowest BCUT2D eigenvalue weighted by atomic mass is 9.97. The summed E-state index contributed by atoms with van der Waals surface area (Å²) in [5.41, 5.74) is 2.96. The van der Waals surface area contributed by atoms with Gasteiger partial charge in [0.05, 0.1) is 5.69 Å². The van der Waals surface area contributed by atoms with E-state index in [4.69, 9.17) is 4.74 Å². The molecule has 4 rings (SSSR count). The Morgan fingerprint density at radius 2 is 2.14 bits per heavy atom. The minimum Gasteiger partial charge on any atom is -0.439 e. The summed E-state index contributed by atoms with van der Waals surface area (Å²) in [5, 5.41) is 7.05. The van der Waals surface area contributed by atoms with Crippen molar-refractivity contribution in [2.75, 3.05) is 0 Å². The van der Waals surface area contributed by atoms with E-state index in [2.05, 4.69) is 27.2 Å². The first-order valence-electron chi connectivity index (χ1n) is 8.75. The number of hydrogen-bond donors (Lipinski definition) is 1. The number of nitrogens with one attached hydrogen (secondary N) is 1. The molecule has 7 heteroatoms. The number of carbonyl (C=O) groups is 1. The molecule has 3 heterocycles. The molecular formula is C21H17FN4O2. The van der Waals surface area contributed by atoms with Crippen molar-refractivity contribution in [1.82, 2.24) is 20.1 Å². The zero-order chi connectivity index (χ0) is 19.5. The first-order chi connectivity index (χ1) is 13.6. The van der Waals surface area contributed by atoms with Gasteiger partial charge in [0, 0.05) is 24.2 Å². The van der Waals surface area contributed by atoms with Crippen molar-refractivity contribution >= 4 is 6.09 Å². The van der Waals surface area contributed by atoms with Gasteiger partial charge in [-0.05, 0) is 42.3 Å². The molecule has 0 unspecified atom stereocenters. The number of alkyl carbamates (subject to hydrolysis) is 1. The number of nitrogens with zero attached hydrogens (tertiary/aromatic N) is 3. The standard InChI is InChI=1S/C21H17FN4O2/c1-14-7-9-26(25-14)8-3-4-15-10-17(13-23-12-15)19-20(28-21(27)24-19)16-5-2-6-18(22)11-16/h2,5-7,9-13,19-20H,8H2,1H3,(H,24,27)/t19-,20-/m1/s1. The molecule has 1 saturated heterocycles. The molecule has 1 N–H and O–H groups in total. The Labute approximate surface area is 161 Å². The van der Waals surface area contributed by atoms with Crippen LogP contribution in [-0.2, 0) is 11.3 Å². The van der Waals surface area contributed by atoms with E-state index in [1.165, 1.54) is 12.1 Å². The Morgan fingerprint density at radius 1 is 1.25 bits per heavy atom. The number of rotatable bonds is 3. The first kappa shape index (κ1) is 17.7. The summed E-state index contributed by atoms with van der Waals surface area (Å²) < 4.78 is 20.7. The molecule has 1 amide bonds. The Balaban J connectivity index is 1.56. The van der Waals surface area contributed by atoms with Gasteiger partial charge in [0.2, 0.25) is 0 Å². The Kier molecular flexibility index (Phi) is 4.77. The molecular weight excluding hydrogens is 359 g/mol. The maximum Gasteiger partial charge on any atom is 0.408 e. The van der Waals surface area contributed by atoms with Crippen LogP contribution in [0.3, 0.4) is 0 Å². The quantitative estimate of drug-likeness (QED) is 0.712. The topological polar surface area (TPSA) is 69.0 Å². The Hall–Kier alpha value is -3.66. The number of amides is 1. The molecule has 1 aliphatic rings. The van der Waals surface area contributed by atoms with Gasteiger partial charge in [-0.25, -0.2) is 9.18 Å². The fourth-order valence-corrected chi connectivity index (χ4v) is 3.09. The summed E-state index contributed by atoms with van der Waals surface area (Å²) >= 11 is 0. The number of halogens is 1. The maximum absolute atomic E-state index is 13.6. The molecule has 0 spiro atoms. The van der Waals surface area contributed by atoms with Gasteiger partial charge in [0.15, 0.2) is 6.10 Å². The van der Waals surface area contributed by atoms with Crippen molar-refractivity contribution in [3.63, 3.8) is 0 Å². The van der Waals surface area contributed by atoms with Crippen molar-refractivity contribution in [1.29, 1.82) is 0 Å². The van der Waals surface area contributed by atoms with Crippen LogP contribution in [0, 0.1) is 24.6 Å². The highest BCUT2D eigenvalue weighted by atomic mass is 19.1. The molecule has 6 nitrogen and oxygen atoms in total. The molecule has 0 bridgehead atoms. The van der Waals surface area contributed by atoms with Gasteiger partial charge in [-0.2, -0.15) is 5.10 Å². The fourth-order valence-electron chi connectivity index (χ4n) is 3.09. The SMILES string of the molecule is Cc1ccn(CC#Cc2cncc([C@H]3NC(=O)O[C@@H]3c3cccc(F)c3)c2)n1. The second kappa shape index (κ2) is 7.53. The van der Waals surface area contributed by atoms with Gasteiger partial charge in [-0.1, -0.05) is 24.0 Å². The molecule has 0 saturated carbocycles. The number of carbonyl (C=O) groups excluding carboxylic acids is 1. The second-order valence-electron chi connectivity index (χ2n) is 6.47. The molecule has 2 aromatic heterocycles. The van der Waals surface area contributed by atoms with E-state index in [9.17, 15) is 9.18 Å². The summed E-state index contributed by atoms with van der Waals surface area (Å²) in [5.74, 6) is 5.72. The van der Waals surface area contributed by atoms with E-state index < -0.39 is 18.2 Å². The van der Waals surface area contributed by atoms with E-state index >= 15 is 0 Å². The average Bonchev–Trinajstić information content (AvgIpc) is 3.27.